The number of methoxy groups -OCH3 is 1. The molecule has 29 heavy (non-hydrogen) atoms. The third-order valence-electron chi connectivity index (χ3n) is 5.06. The normalized spacial score (nSPS) is 17.1. The van der Waals surface area contributed by atoms with Crippen LogP contribution < -0.4 is 9.04 Å². The summed E-state index contributed by atoms with van der Waals surface area (Å²) in [6, 6.07) is 11.4. The fraction of sp³-hybridized carbons (Fsp3) is 0.381. The summed E-state index contributed by atoms with van der Waals surface area (Å²) in [6.45, 7) is 2.76. The van der Waals surface area contributed by atoms with Gasteiger partial charge in [0.2, 0.25) is 5.91 Å². The molecule has 1 aliphatic heterocycles. The molecule has 0 N–H and O–H groups in total. The zero-order valence-electron chi connectivity index (χ0n) is 16.5. The second kappa shape index (κ2) is 8.82. The lowest BCUT2D eigenvalue weighted by molar-refractivity contribution is -0.131. The summed E-state index contributed by atoms with van der Waals surface area (Å²) in [7, 11) is -2.68. The van der Waals surface area contributed by atoms with Crippen LogP contribution in [0.2, 0.25) is 0 Å². The van der Waals surface area contributed by atoms with Crippen LogP contribution in [-0.2, 0) is 14.8 Å². The van der Waals surface area contributed by atoms with Gasteiger partial charge in [-0.05, 0) is 55.2 Å². The molecule has 6 nitrogen and oxygen atoms in total. The molecule has 156 valence electrons. The van der Waals surface area contributed by atoms with Gasteiger partial charge in [-0.3, -0.25) is 9.10 Å². The van der Waals surface area contributed by atoms with Crippen molar-refractivity contribution in [2.24, 2.45) is 5.92 Å². The number of sulfonamides is 1. The maximum atomic E-state index is 14.5. The lowest BCUT2D eigenvalue weighted by Crippen LogP contribution is -2.46. The second-order valence-corrected chi connectivity index (χ2v) is 9.09. The number of anilines is 1. The molecule has 0 bridgehead atoms. The highest BCUT2D eigenvalue weighted by Gasteiger charge is 2.31. The molecule has 0 aromatic heterocycles. The van der Waals surface area contributed by atoms with Crippen molar-refractivity contribution in [1.29, 1.82) is 0 Å². The summed E-state index contributed by atoms with van der Waals surface area (Å²) in [6.07, 6.45) is 1.91. The average Bonchev–Trinajstić information content (AvgIpc) is 2.72. The molecule has 1 heterocycles. The van der Waals surface area contributed by atoms with Gasteiger partial charge in [0, 0.05) is 13.1 Å². The van der Waals surface area contributed by atoms with E-state index >= 15 is 0 Å². The highest BCUT2D eigenvalue weighted by molar-refractivity contribution is 7.92. The van der Waals surface area contributed by atoms with Crippen LogP contribution in [0.4, 0.5) is 10.1 Å². The van der Waals surface area contributed by atoms with E-state index in [-0.39, 0.29) is 16.5 Å². The molecule has 1 atom stereocenters. The van der Waals surface area contributed by atoms with Crippen molar-refractivity contribution in [3.63, 3.8) is 0 Å². The predicted molar refractivity (Wildman–Crippen MR) is 109 cm³/mol. The smallest absolute Gasteiger partial charge is 0.264 e. The summed E-state index contributed by atoms with van der Waals surface area (Å²) >= 11 is 0. The maximum absolute atomic E-state index is 14.5. The van der Waals surface area contributed by atoms with Gasteiger partial charge in [-0.1, -0.05) is 19.1 Å². The molecule has 2 aromatic rings. The molecule has 3 rings (SSSR count). The van der Waals surface area contributed by atoms with Crippen LogP contribution in [0.1, 0.15) is 19.8 Å². The van der Waals surface area contributed by atoms with E-state index in [0.717, 1.165) is 17.1 Å². The number of nitrogens with zero attached hydrogens (tertiary/aromatic N) is 2. The van der Waals surface area contributed by atoms with Gasteiger partial charge in [-0.15, -0.1) is 0 Å². The lowest BCUT2D eigenvalue weighted by Gasteiger charge is -2.33. The van der Waals surface area contributed by atoms with Gasteiger partial charge in [0.05, 0.1) is 17.7 Å². The Morgan fingerprint density at radius 3 is 2.52 bits per heavy atom. The van der Waals surface area contributed by atoms with E-state index in [4.69, 9.17) is 4.74 Å². The Kier molecular flexibility index (Phi) is 6.42. The third-order valence-corrected chi connectivity index (χ3v) is 6.83. The van der Waals surface area contributed by atoms with Crippen molar-refractivity contribution in [1.82, 2.24) is 4.90 Å². The van der Waals surface area contributed by atoms with Crippen molar-refractivity contribution in [2.75, 3.05) is 31.0 Å². The minimum Gasteiger partial charge on any atom is -0.497 e. The fourth-order valence-electron chi connectivity index (χ4n) is 3.47. The molecule has 2 aromatic carbocycles. The van der Waals surface area contributed by atoms with Crippen molar-refractivity contribution in [2.45, 2.75) is 24.7 Å². The van der Waals surface area contributed by atoms with Crippen molar-refractivity contribution in [3.05, 3.63) is 54.3 Å². The number of ether oxygens (including phenoxy) is 1. The van der Waals surface area contributed by atoms with Crippen LogP contribution in [-0.4, -0.2) is 46.0 Å². The van der Waals surface area contributed by atoms with Gasteiger partial charge < -0.3 is 9.64 Å². The number of carbonyl (C=O) groups excluding carboxylic acids is 1. The largest absolute Gasteiger partial charge is 0.497 e. The number of rotatable bonds is 6. The number of amides is 1. The minimum absolute atomic E-state index is 0.0404. The first kappa shape index (κ1) is 21.1. The second-order valence-electron chi connectivity index (χ2n) is 7.23. The Morgan fingerprint density at radius 1 is 1.21 bits per heavy atom. The monoisotopic (exact) mass is 420 g/mol. The van der Waals surface area contributed by atoms with Crippen molar-refractivity contribution >= 4 is 21.6 Å². The van der Waals surface area contributed by atoms with Crippen molar-refractivity contribution in [3.8, 4) is 5.75 Å². The van der Waals surface area contributed by atoms with Crippen LogP contribution in [0.5, 0.6) is 5.75 Å². The number of hydrogen-bond donors (Lipinski definition) is 0. The molecule has 1 amide bonds. The summed E-state index contributed by atoms with van der Waals surface area (Å²) in [5.74, 6) is -0.186. The van der Waals surface area contributed by atoms with E-state index < -0.39 is 22.4 Å². The van der Waals surface area contributed by atoms with E-state index in [1.54, 1.807) is 11.0 Å². The zero-order chi connectivity index (χ0) is 21.0. The van der Waals surface area contributed by atoms with E-state index in [2.05, 4.69) is 6.92 Å². The molecule has 0 saturated carbocycles. The zero-order valence-corrected chi connectivity index (χ0v) is 17.4. The van der Waals surface area contributed by atoms with E-state index in [1.165, 1.54) is 49.6 Å². The maximum Gasteiger partial charge on any atom is 0.264 e. The topological polar surface area (TPSA) is 66.9 Å². The van der Waals surface area contributed by atoms with Crippen LogP contribution in [0, 0.1) is 11.7 Å². The number of piperidine rings is 1. The fourth-order valence-corrected chi connectivity index (χ4v) is 4.89. The Labute approximate surface area is 170 Å². The predicted octanol–water partition coefficient (Wildman–Crippen LogP) is 3.29. The summed E-state index contributed by atoms with van der Waals surface area (Å²) in [5, 5.41) is 0. The molecule has 0 aliphatic carbocycles. The SMILES string of the molecule is COc1ccc(S(=O)(=O)N(CC(=O)N2CCCC(C)C2)c2ccccc2F)cc1. The average molecular weight is 421 g/mol. The molecular weight excluding hydrogens is 395 g/mol. The molecule has 1 aliphatic rings. The van der Waals surface area contributed by atoms with E-state index in [9.17, 15) is 17.6 Å². The first-order valence-corrected chi connectivity index (χ1v) is 11.0. The van der Waals surface area contributed by atoms with Gasteiger partial charge >= 0.3 is 0 Å². The Bertz CT molecular complexity index is 963. The molecule has 1 saturated heterocycles. The lowest BCUT2D eigenvalue weighted by atomic mass is 10.0. The van der Waals surface area contributed by atoms with Gasteiger partial charge in [0.1, 0.15) is 18.1 Å². The highest BCUT2D eigenvalue weighted by Crippen LogP contribution is 2.28. The number of halogens is 1. The van der Waals surface area contributed by atoms with Crippen LogP contribution >= 0.6 is 0 Å². The van der Waals surface area contributed by atoms with E-state index in [0.29, 0.717) is 24.8 Å². The molecule has 1 fully saturated rings. The van der Waals surface area contributed by atoms with Crippen LogP contribution in [0.3, 0.4) is 0 Å². The number of carbonyl (C=O) groups is 1. The van der Waals surface area contributed by atoms with Gasteiger partial charge in [0.15, 0.2) is 0 Å². The molecule has 0 spiro atoms. The number of benzene rings is 2. The molecule has 0 radical (unpaired) electrons. The number of likely N-dealkylation sites (tertiary alicyclic amines) is 1. The molecular formula is C21H25FN2O4S. The van der Waals surface area contributed by atoms with Crippen LogP contribution in [0.15, 0.2) is 53.4 Å². The van der Waals surface area contributed by atoms with E-state index in [1.807, 2.05) is 0 Å². The number of para-hydroxylation sites is 1. The Hall–Kier alpha value is -2.61. The molecule has 8 heteroatoms. The minimum atomic E-state index is -4.16. The quantitative estimate of drug-likeness (QED) is 0.719. The van der Waals surface area contributed by atoms with Crippen LogP contribution in [0.25, 0.3) is 0 Å². The van der Waals surface area contributed by atoms with Crippen molar-refractivity contribution < 1.29 is 22.3 Å². The highest BCUT2D eigenvalue weighted by atomic mass is 32.2. The number of hydrogen-bond acceptors (Lipinski definition) is 4. The van der Waals surface area contributed by atoms with Gasteiger partial charge in [0.25, 0.3) is 10.0 Å². The standard InChI is InChI=1S/C21H25FN2O4S/c1-16-6-5-13-23(14-16)21(25)15-24(20-8-4-3-7-19(20)22)29(26,27)18-11-9-17(28-2)10-12-18/h3-4,7-12,16H,5-6,13-15H2,1-2H3. The summed E-state index contributed by atoms with van der Waals surface area (Å²) in [5.41, 5.74) is -0.151. The summed E-state index contributed by atoms with van der Waals surface area (Å²) in [4.78, 5) is 14.5. The summed E-state index contributed by atoms with van der Waals surface area (Å²) < 4.78 is 47.1. The molecule has 1 unspecified atom stereocenters. The third kappa shape index (κ3) is 4.70. The Balaban J connectivity index is 1.96. The first-order valence-electron chi connectivity index (χ1n) is 9.52. The van der Waals surface area contributed by atoms with Gasteiger partial charge in [-0.2, -0.15) is 0 Å². The first-order chi connectivity index (χ1) is 13.8. The van der Waals surface area contributed by atoms with Gasteiger partial charge in [-0.25, -0.2) is 12.8 Å². The Morgan fingerprint density at radius 2 is 1.90 bits per heavy atom.